The topological polar surface area (TPSA) is 55.8 Å². The van der Waals surface area contributed by atoms with E-state index in [0.29, 0.717) is 5.75 Å². The molecule has 0 saturated heterocycles. The lowest BCUT2D eigenvalue weighted by Crippen LogP contribution is -2.01. The highest BCUT2D eigenvalue weighted by atomic mass is 16.5. The summed E-state index contributed by atoms with van der Waals surface area (Å²) in [5.41, 5.74) is 0.750. The number of carbonyl (C=O) groups excluding carboxylic acids is 1. The van der Waals surface area contributed by atoms with E-state index in [9.17, 15) is 9.90 Å². The van der Waals surface area contributed by atoms with Crippen LogP contribution in [-0.4, -0.2) is 25.1 Å². The van der Waals surface area contributed by atoms with Gasteiger partial charge in [0.2, 0.25) is 5.78 Å². The van der Waals surface area contributed by atoms with Crippen LogP contribution in [0.4, 0.5) is 0 Å². The average Bonchev–Trinajstić information content (AvgIpc) is 2.52. The van der Waals surface area contributed by atoms with Crippen LogP contribution >= 0.6 is 0 Å². The molecule has 0 aliphatic carbocycles. The molecule has 0 aliphatic heterocycles. The van der Waals surface area contributed by atoms with Gasteiger partial charge in [0.05, 0.1) is 14.2 Å². The molecule has 2 aromatic carbocycles. The van der Waals surface area contributed by atoms with Gasteiger partial charge in [0, 0.05) is 17.7 Å². The molecule has 2 rings (SSSR count). The fourth-order valence-corrected chi connectivity index (χ4v) is 1.80. The first-order valence-corrected chi connectivity index (χ1v) is 6.22. The lowest BCUT2D eigenvalue weighted by molar-refractivity contribution is 0.105. The summed E-state index contributed by atoms with van der Waals surface area (Å²) >= 11 is 0. The fourth-order valence-electron chi connectivity index (χ4n) is 1.80. The molecule has 0 aliphatic rings. The number of phenols is 1. The third-order valence-corrected chi connectivity index (χ3v) is 2.83. The Bertz CT molecular complexity index is 709. The van der Waals surface area contributed by atoms with Crippen molar-refractivity contribution >= 4 is 5.78 Å². The number of ketones is 1. The number of benzene rings is 2. The highest BCUT2D eigenvalue weighted by Gasteiger charge is 2.17. The minimum atomic E-state index is -0.518. The van der Waals surface area contributed by atoms with Crippen LogP contribution in [0.1, 0.15) is 15.9 Å². The Balaban J connectivity index is 2.38. The number of Topliss-reactive ketones (excluding diaryl/α,β-unsaturated/α-hetero) is 1. The molecule has 0 heterocycles. The molecule has 0 spiro atoms. The molecule has 0 saturated carbocycles. The number of ether oxygens (including phenoxy) is 2. The van der Waals surface area contributed by atoms with Crippen molar-refractivity contribution in [1.82, 2.24) is 0 Å². The van der Waals surface area contributed by atoms with E-state index in [0.717, 1.165) is 5.56 Å². The molecule has 4 heteroatoms. The molecule has 0 aromatic heterocycles. The van der Waals surface area contributed by atoms with Gasteiger partial charge in [-0.1, -0.05) is 24.1 Å². The van der Waals surface area contributed by atoms with Gasteiger partial charge in [0.25, 0.3) is 0 Å². The second-order valence-corrected chi connectivity index (χ2v) is 4.17. The van der Waals surface area contributed by atoms with Gasteiger partial charge in [-0.05, 0) is 18.1 Å². The molecular formula is C17H14O4. The molecule has 0 radical (unpaired) electrons. The Morgan fingerprint density at radius 2 is 1.81 bits per heavy atom. The van der Waals surface area contributed by atoms with Crippen LogP contribution in [0, 0.1) is 11.8 Å². The van der Waals surface area contributed by atoms with Crippen LogP contribution in [-0.2, 0) is 0 Å². The van der Waals surface area contributed by atoms with Gasteiger partial charge in [0.15, 0.2) is 0 Å². The smallest absolute Gasteiger partial charge is 0.243 e. The number of hydrogen-bond acceptors (Lipinski definition) is 4. The number of rotatable bonds is 3. The summed E-state index contributed by atoms with van der Waals surface area (Å²) < 4.78 is 10.1. The summed E-state index contributed by atoms with van der Waals surface area (Å²) in [5.74, 6) is 5.13. The van der Waals surface area contributed by atoms with Crippen LogP contribution < -0.4 is 9.47 Å². The summed E-state index contributed by atoms with van der Waals surface area (Å²) in [6, 6.07) is 12.0. The lowest BCUT2D eigenvalue weighted by Gasteiger charge is -2.09. The van der Waals surface area contributed by atoms with Crippen molar-refractivity contribution in [2.45, 2.75) is 0 Å². The zero-order valence-corrected chi connectivity index (χ0v) is 11.7. The molecule has 21 heavy (non-hydrogen) atoms. The van der Waals surface area contributed by atoms with E-state index in [1.165, 1.54) is 26.4 Å². The minimum Gasteiger partial charge on any atom is -0.507 e. The molecule has 1 N–H and O–H groups in total. The second kappa shape index (κ2) is 6.49. The van der Waals surface area contributed by atoms with E-state index in [1.54, 1.807) is 12.1 Å². The molecule has 2 aromatic rings. The summed E-state index contributed by atoms with van der Waals surface area (Å²) in [6.07, 6.45) is 0. The Kier molecular flexibility index (Phi) is 4.47. The number of aromatic hydroxyl groups is 1. The summed E-state index contributed by atoms with van der Waals surface area (Å²) in [4.78, 5) is 12.2. The first-order valence-electron chi connectivity index (χ1n) is 6.22. The number of hydrogen-bond donors (Lipinski definition) is 1. The molecule has 0 atom stereocenters. The quantitative estimate of drug-likeness (QED) is 0.694. The van der Waals surface area contributed by atoms with Crippen LogP contribution in [0.25, 0.3) is 0 Å². The Labute approximate surface area is 122 Å². The maximum Gasteiger partial charge on any atom is 0.243 e. The van der Waals surface area contributed by atoms with E-state index in [4.69, 9.17) is 9.47 Å². The van der Waals surface area contributed by atoms with E-state index in [-0.39, 0.29) is 17.1 Å². The standard InChI is InChI=1S/C17H14O4/c1-20-13-10-15(19)17(16(11-13)21-2)14(18)9-8-12-6-4-3-5-7-12/h3-7,10-11,19H,1-2H3. The predicted molar refractivity (Wildman–Crippen MR) is 78.9 cm³/mol. The van der Waals surface area contributed by atoms with Gasteiger partial charge in [-0.15, -0.1) is 0 Å². The zero-order chi connectivity index (χ0) is 15.2. The van der Waals surface area contributed by atoms with Crippen LogP contribution in [0.15, 0.2) is 42.5 Å². The van der Waals surface area contributed by atoms with E-state index >= 15 is 0 Å². The molecule has 0 amide bonds. The van der Waals surface area contributed by atoms with Gasteiger partial charge in [0.1, 0.15) is 22.8 Å². The monoisotopic (exact) mass is 282 g/mol. The van der Waals surface area contributed by atoms with Gasteiger partial charge in [-0.3, -0.25) is 4.79 Å². The van der Waals surface area contributed by atoms with Gasteiger partial charge in [-0.25, -0.2) is 0 Å². The van der Waals surface area contributed by atoms with Crippen molar-refractivity contribution in [1.29, 1.82) is 0 Å². The van der Waals surface area contributed by atoms with Crippen LogP contribution in [0.5, 0.6) is 17.2 Å². The molecule has 106 valence electrons. The van der Waals surface area contributed by atoms with E-state index < -0.39 is 5.78 Å². The highest BCUT2D eigenvalue weighted by molar-refractivity contribution is 6.13. The summed E-state index contributed by atoms with van der Waals surface area (Å²) in [6.45, 7) is 0. The summed E-state index contributed by atoms with van der Waals surface area (Å²) in [5, 5.41) is 9.95. The van der Waals surface area contributed by atoms with Gasteiger partial charge >= 0.3 is 0 Å². The largest absolute Gasteiger partial charge is 0.507 e. The van der Waals surface area contributed by atoms with Crippen molar-refractivity contribution in [3.05, 3.63) is 53.6 Å². The zero-order valence-electron chi connectivity index (χ0n) is 11.7. The Hall–Kier alpha value is -2.93. The Morgan fingerprint density at radius 1 is 1.10 bits per heavy atom. The van der Waals surface area contributed by atoms with Crippen molar-refractivity contribution < 1.29 is 19.4 Å². The van der Waals surface area contributed by atoms with Crippen molar-refractivity contribution in [3.8, 4) is 29.1 Å². The third-order valence-electron chi connectivity index (χ3n) is 2.83. The lowest BCUT2D eigenvalue weighted by atomic mass is 10.1. The fraction of sp³-hybridized carbons (Fsp3) is 0.118. The SMILES string of the molecule is COc1cc(O)c(C(=O)C#Cc2ccccc2)c(OC)c1. The average molecular weight is 282 g/mol. The molecule has 0 bridgehead atoms. The van der Waals surface area contributed by atoms with Crippen LogP contribution in [0.3, 0.4) is 0 Å². The third kappa shape index (κ3) is 3.34. The highest BCUT2D eigenvalue weighted by Crippen LogP contribution is 2.33. The molecule has 0 fully saturated rings. The van der Waals surface area contributed by atoms with E-state index in [2.05, 4.69) is 11.8 Å². The number of phenolic OH excluding ortho intramolecular Hbond substituents is 1. The Morgan fingerprint density at radius 3 is 2.43 bits per heavy atom. The maximum atomic E-state index is 12.2. The molecule has 4 nitrogen and oxygen atoms in total. The van der Waals surface area contributed by atoms with Crippen LogP contribution in [0.2, 0.25) is 0 Å². The second-order valence-electron chi connectivity index (χ2n) is 4.17. The number of carbonyl (C=O) groups is 1. The number of methoxy groups -OCH3 is 2. The van der Waals surface area contributed by atoms with E-state index in [1.807, 2.05) is 18.2 Å². The maximum absolute atomic E-state index is 12.2. The van der Waals surface area contributed by atoms with Crippen molar-refractivity contribution in [2.24, 2.45) is 0 Å². The minimum absolute atomic E-state index is 0.0294. The normalized spacial score (nSPS) is 9.43. The van der Waals surface area contributed by atoms with Gasteiger partial charge < -0.3 is 14.6 Å². The predicted octanol–water partition coefficient (Wildman–Crippen LogP) is 2.64. The first kappa shape index (κ1) is 14.5. The van der Waals surface area contributed by atoms with Gasteiger partial charge in [-0.2, -0.15) is 0 Å². The first-order chi connectivity index (χ1) is 10.2. The summed E-state index contributed by atoms with van der Waals surface area (Å²) in [7, 11) is 2.88. The molecule has 0 unspecified atom stereocenters. The molecular weight excluding hydrogens is 268 g/mol. The van der Waals surface area contributed by atoms with Crippen molar-refractivity contribution in [2.75, 3.05) is 14.2 Å². The van der Waals surface area contributed by atoms with Crippen molar-refractivity contribution in [3.63, 3.8) is 0 Å².